The molecule has 0 aliphatic carbocycles. The molecule has 4 aromatic heterocycles. The summed E-state index contributed by atoms with van der Waals surface area (Å²) in [7, 11) is 0. The molecule has 4 aromatic rings. The van der Waals surface area contributed by atoms with E-state index >= 15 is 0 Å². The van der Waals surface area contributed by atoms with Crippen LogP contribution in [0.1, 0.15) is 47.8 Å². The molecular weight excluding hydrogens is 626 g/mol. The van der Waals surface area contributed by atoms with Crippen molar-refractivity contribution >= 4 is 46.2 Å². The van der Waals surface area contributed by atoms with E-state index in [2.05, 4.69) is 50.3 Å². The summed E-state index contributed by atoms with van der Waals surface area (Å²) in [5, 5.41) is 5.42. The van der Waals surface area contributed by atoms with Crippen LogP contribution in [-0.2, 0) is 17.8 Å². The van der Waals surface area contributed by atoms with Crippen LogP contribution in [0.5, 0.6) is 0 Å². The van der Waals surface area contributed by atoms with Gasteiger partial charge in [-0.15, -0.1) is 0 Å². The molecule has 0 radical (unpaired) electrons. The third-order valence-corrected chi connectivity index (χ3v) is 9.43. The van der Waals surface area contributed by atoms with Gasteiger partial charge in [0.2, 0.25) is 11.9 Å². The molecule has 3 fully saturated rings. The van der Waals surface area contributed by atoms with Gasteiger partial charge in [0.05, 0.1) is 41.0 Å². The summed E-state index contributed by atoms with van der Waals surface area (Å²) in [4.78, 5) is 77.9. The highest BCUT2D eigenvalue weighted by Crippen LogP contribution is 2.21. The van der Waals surface area contributed by atoms with E-state index in [-0.39, 0.29) is 29.8 Å². The van der Waals surface area contributed by atoms with Crippen LogP contribution in [0.3, 0.4) is 0 Å². The van der Waals surface area contributed by atoms with Crippen LogP contribution in [0.4, 0.5) is 22.1 Å². The predicted octanol–water partition coefficient (Wildman–Crippen LogP) is 1.84. The van der Waals surface area contributed by atoms with Crippen LogP contribution in [0.15, 0.2) is 53.8 Å². The fourth-order valence-corrected chi connectivity index (χ4v) is 6.56. The summed E-state index contributed by atoms with van der Waals surface area (Å²) in [6, 6.07) is 7.18. The second-order valence-electron chi connectivity index (χ2n) is 12.6. The van der Waals surface area contributed by atoms with Crippen LogP contribution in [-0.4, -0.2) is 99.5 Å². The lowest BCUT2D eigenvalue weighted by Crippen LogP contribution is -2.49. The number of pyridine rings is 3. The maximum Gasteiger partial charge on any atom is 0.328 e. The van der Waals surface area contributed by atoms with Crippen molar-refractivity contribution < 1.29 is 14.4 Å². The zero-order valence-electron chi connectivity index (χ0n) is 27.4. The number of rotatable bonds is 8. The van der Waals surface area contributed by atoms with E-state index in [0.717, 1.165) is 73.4 Å². The Morgan fingerprint density at radius 1 is 0.857 bits per heavy atom. The van der Waals surface area contributed by atoms with Crippen LogP contribution >= 0.6 is 0 Å². The summed E-state index contributed by atoms with van der Waals surface area (Å²) in [5.41, 5.74) is 5.25. The Hall–Kier alpha value is -5.44. The first kappa shape index (κ1) is 32.1. The Bertz CT molecular complexity index is 1900. The average molecular weight is 666 g/mol. The Labute approximate surface area is 282 Å². The standard InChI is InChI=1S/C34H39N11O4/c1-2-23-16-28-29(40-31(23)47)15-22(17-35-28)21-42-11-13-43(14-12-42)25-3-4-27(36-18-25)32(48)39-24-5-8-44(9-6-24)33-37-19-26(20-38-33)45-10-7-30(46)41-34(45)49/h3-4,15-20,24H,2,5-14,21H2,1H3,(H,39,48)(H,40,47)(H,41,46,49). The summed E-state index contributed by atoms with van der Waals surface area (Å²) in [6.07, 6.45) is 9.24. The molecule has 254 valence electrons. The monoisotopic (exact) mass is 665 g/mol. The van der Waals surface area contributed by atoms with E-state index in [9.17, 15) is 19.2 Å². The van der Waals surface area contributed by atoms with Gasteiger partial charge in [0.25, 0.3) is 11.5 Å². The summed E-state index contributed by atoms with van der Waals surface area (Å²) < 4.78 is 0. The van der Waals surface area contributed by atoms with Gasteiger partial charge in [-0.05, 0) is 49.1 Å². The average Bonchev–Trinajstić information content (AvgIpc) is 3.12. The number of piperazine rings is 1. The number of carbonyl (C=O) groups is 3. The molecule has 0 unspecified atom stereocenters. The molecule has 0 saturated carbocycles. The number of imide groups is 1. The van der Waals surface area contributed by atoms with Gasteiger partial charge in [-0.1, -0.05) is 6.92 Å². The highest BCUT2D eigenvalue weighted by molar-refractivity contribution is 6.05. The summed E-state index contributed by atoms with van der Waals surface area (Å²) in [5.74, 6) is 0.0880. The highest BCUT2D eigenvalue weighted by Gasteiger charge is 2.27. The Morgan fingerprint density at radius 3 is 2.31 bits per heavy atom. The minimum atomic E-state index is -0.468. The number of nitrogens with zero attached hydrogens (tertiary/aromatic N) is 8. The minimum absolute atomic E-state index is 0.0130. The van der Waals surface area contributed by atoms with Gasteiger partial charge in [-0.25, -0.2) is 19.7 Å². The number of urea groups is 1. The second kappa shape index (κ2) is 14.0. The maximum absolute atomic E-state index is 13.0. The third-order valence-electron chi connectivity index (χ3n) is 9.43. The number of H-pyrrole nitrogens is 1. The lowest BCUT2D eigenvalue weighted by atomic mass is 10.1. The molecule has 0 atom stereocenters. The number of hydrogen-bond donors (Lipinski definition) is 3. The van der Waals surface area contributed by atoms with E-state index in [1.165, 1.54) is 4.90 Å². The van der Waals surface area contributed by atoms with Gasteiger partial charge in [0, 0.05) is 76.6 Å². The molecule has 3 saturated heterocycles. The molecule has 15 nitrogen and oxygen atoms in total. The van der Waals surface area contributed by atoms with Crippen molar-refractivity contribution in [2.75, 3.05) is 60.5 Å². The zero-order chi connectivity index (χ0) is 33.9. The molecule has 7 rings (SSSR count). The topological polar surface area (TPSA) is 173 Å². The van der Waals surface area contributed by atoms with Crippen molar-refractivity contribution in [1.82, 2.24) is 40.5 Å². The number of aromatic amines is 1. The van der Waals surface area contributed by atoms with Crippen LogP contribution in [0.2, 0.25) is 0 Å². The van der Waals surface area contributed by atoms with Gasteiger partial charge in [-0.2, -0.15) is 0 Å². The SMILES string of the molecule is CCc1cc2ncc(CN3CCN(c4ccc(C(=O)NC5CCN(c6ncc(N7CCC(=O)NC7=O)cn6)CC5)nc4)CC3)cc2[nH]c1=O. The fraction of sp³-hybridized carbons (Fsp3) is 0.412. The number of aromatic nitrogens is 5. The summed E-state index contributed by atoms with van der Waals surface area (Å²) in [6.45, 7) is 7.79. The lowest BCUT2D eigenvalue weighted by Gasteiger charge is -2.36. The fourth-order valence-electron chi connectivity index (χ4n) is 6.56. The van der Waals surface area contributed by atoms with Crippen molar-refractivity contribution in [2.45, 2.75) is 45.2 Å². The summed E-state index contributed by atoms with van der Waals surface area (Å²) >= 11 is 0. The molecular formula is C34H39N11O4. The lowest BCUT2D eigenvalue weighted by molar-refractivity contribution is -0.120. The molecule has 0 spiro atoms. The van der Waals surface area contributed by atoms with Crippen molar-refractivity contribution in [3.63, 3.8) is 0 Å². The number of hydrogen-bond acceptors (Lipinski definition) is 11. The van der Waals surface area contributed by atoms with Crippen LogP contribution < -0.4 is 30.9 Å². The van der Waals surface area contributed by atoms with Crippen molar-refractivity contribution in [3.05, 3.63) is 76.2 Å². The molecule has 0 bridgehead atoms. The number of piperidine rings is 1. The molecule has 3 N–H and O–H groups in total. The molecule has 3 aliphatic rings. The number of fused-ring (bicyclic) bond motifs is 1. The number of amides is 4. The Kier molecular flexibility index (Phi) is 9.15. The van der Waals surface area contributed by atoms with E-state index in [0.29, 0.717) is 43.4 Å². The minimum Gasteiger partial charge on any atom is -0.368 e. The quantitative estimate of drug-likeness (QED) is 0.251. The number of nitrogens with one attached hydrogen (secondary N) is 3. The van der Waals surface area contributed by atoms with Gasteiger partial charge >= 0.3 is 6.03 Å². The first-order chi connectivity index (χ1) is 23.8. The smallest absolute Gasteiger partial charge is 0.328 e. The Balaban J connectivity index is 0.860. The van der Waals surface area contributed by atoms with Gasteiger partial charge in [-0.3, -0.25) is 34.5 Å². The maximum atomic E-state index is 13.0. The van der Waals surface area contributed by atoms with Crippen LogP contribution in [0.25, 0.3) is 11.0 Å². The Morgan fingerprint density at radius 2 is 1.61 bits per heavy atom. The predicted molar refractivity (Wildman–Crippen MR) is 184 cm³/mol. The van der Waals surface area contributed by atoms with E-state index < -0.39 is 6.03 Å². The highest BCUT2D eigenvalue weighted by atomic mass is 16.2. The second-order valence-corrected chi connectivity index (χ2v) is 12.6. The molecule has 7 heterocycles. The third kappa shape index (κ3) is 7.21. The van der Waals surface area contributed by atoms with E-state index in [1.807, 2.05) is 31.3 Å². The number of aryl methyl sites for hydroxylation is 1. The van der Waals surface area contributed by atoms with Crippen molar-refractivity contribution in [2.24, 2.45) is 0 Å². The molecule has 15 heteroatoms. The zero-order valence-corrected chi connectivity index (χ0v) is 27.4. The van der Waals surface area contributed by atoms with Crippen LogP contribution in [0, 0.1) is 0 Å². The van der Waals surface area contributed by atoms with Gasteiger partial charge in [0.15, 0.2) is 0 Å². The first-order valence-corrected chi connectivity index (χ1v) is 16.8. The number of carbonyl (C=O) groups excluding carboxylic acids is 3. The molecule has 3 aliphatic heterocycles. The van der Waals surface area contributed by atoms with Gasteiger partial charge in [0.1, 0.15) is 5.69 Å². The first-order valence-electron chi connectivity index (χ1n) is 16.8. The van der Waals surface area contributed by atoms with Crippen molar-refractivity contribution in [1.29, 1.82) is 0 Å². The number of anilines is 3. The normalized spacial score (nSPS) is 17.8. The largest absolute Gasteiger partial charge is 0.368 e. The molecule has 0 aromatic carbocycles. The van der Waals surface area contributed by atoms with Gasteiger partial charge < -0.3 is 20.1 Å². The van der Waals surface area contributed by atoms with E-state index in [1.54, 1.807) is 24.7 Å². The molecule has 49 heavy (non-hydrogen) atoms. The van der Waals surface area contributed by atoms with Crippen molar-refractivity contribution in [3.8, 4) is 0 Å². The van der Waals surface area contributed by atoms with E-state index in [4.69, 9.17) is 0 Å². The molecule has 4 amide bonds.